The summed E-state index contributed by atoms with van der Waals surface area (Å²) in [5, 5.41) is 9.42. The Kier molecular flexibility index (Phi) is 5.47. The number of rotatable bonds is 6. The van der Waals surface area contributed by atoms with Gasteiger partial charge in [0, 0.05) is 23.5 Å². The summed E-state index contributed by atoms with van der Waals surface area (Å²) in [5.74, 6) is 5.33. The summed E-state index contributed by atoms with van der Waals surface area (Å²) in [6, 6.07) is 16.2. The number of benzene rings is 2. The van der Waals surface area contributed by atoms with Gasteiger partial charge in [-0.05, 0) is 61.2 Å². The van der Waals surface area contributed by atoms with Crippen LogP contribution >= 0.6 is 0 Å². The molecule has 1 aromatic heterocycles. The third-order valence-corrected chi connectivity index (χ3v) is 7.37. The maximum Gasteiger partial charge on any atom is 0.337 e. The molecule has 0 bridgehead atoms. The molecule has 0 atom stereocenters. The van der Waals surface area contributed by atoms with Crippen LogP contribution in [0.1, 0.15) is 39.9 Å². The standard InChI is InChI=1S/C24H21NO4S/c26-24(27)22-8-4-7-20(23(22)25-14-1-2-15-25)10-9-18-5-3-6-19(17-18)13-16-30(28,29)21-11-12-21/h1-8,14-15,17,21H,11-13,16H2,(H,26,27). The number of carboxylic acids is 1. The molecular formula is C24H21NO4S. The van der Waals surface area contributed by atoms with E-state index in [0.29, 0.717) is 17.7 Å². The predicted molar refractivity (Wildman–Crippen MR) is 116 cm³/mol. The van der Waals surface area contributed by atoms with Gasteiger partial charge in [0.05, 0.1) is 22.3 Å². The third-order valence-electron chi connectivity index (χ3n) is 5.11. The van der Waals surface area contributed by atoms with Crippen LogP contribution in [0.5, 0.6) is 0 Å². The molecule has 1 aliphatic rings. The van der Waals surface area contributed by atoms with Gasteiger partial charge in [0.1, 0.15) is 0 Å². The van der Waals surface area contributed by atoms with Gasteiger partial charge in [-0.3, -0.25) is 0 Å². The summed E-state index contributed by atoms with van der Waals surface area (Å²) < 4.78 is 26.0. The average molecular weight is 420 g/mol. The van der Waals surface area contributed by atoms with Crippen molar-refractivity contribution in [2.75, 3.05) is 5.75 Å². The van der Waals surface area contributed by atoms with Gasteiger partial charge in [-0.15, -0.1) is 0 Å². The van der Waals surface area contributed by atoms with E-state index >= 15 is 0 Å². The third kappa shape index (κ3) is 4.47. The smallest absolute Gasteiger partial charge is 0.337 e. The van der Waals surface area contributed by atoms with Crippen LogP contribution in [-0.2, 0) is 16.3 Å². The molecule has 0 amide bonds. The molecule has 0 aliphatic heterocycles. The molecule has 0 radical (unpaired) electrons. The van der Waals surface area contributed by atoms with Gasteiger partial charge in [-0.2, -0.15) is 0 Å². The van der Waals surface area contributed by atoms with Crippen LogP contribution in [0.2, 0.25) is 0 Å². The Bertz CT molecular complexity index is 1240. The quantitative estimate of drug-likeness (QED) is 0.618. The molecule has 0 unspecified atom stereocenters. The van der Waals surface area contributed by atoms with Crippen LogP contribution in [0.15, 0.2) is 67.0 Å². The maximum atomic E-state index is 12.1. The fourth-order valence-electron chi connectivity index (χ4n) is 3.38. The highest BCUT2D eigenvalue weighted by Crippen LogP contribution is 2.29. The number of aryl methyl sites for hydroxylation is 1. The zero-order valence-corrected chi connectivity index (χ0v) is 17.1. The Balaban J connectivity index is 1.62. The number of aromatic nitrogens is 1. The second kappa shape index (κ2) is 8.21. The minimum atomic E-state index is -2.99. The second-order valence-corrected chi connectivity index (χ2v) is 9.76. The summed E-state index contributed by atoms with van der Waals surface area (Å²) in [7, 11) is -2.99. The molecule has 1 N–H and O–H groups in total. The lowest BCUT2D eigenvalue weighted by molar-refractivity contribution is 0.0697. The van der Waals surface area contributed by atoms with Crippen molar-refractivity contribution in [1.29, 1.82) is 0 Å². The van der Waals surface area contributed by atoms with Crippen LogP contribution < -0.4 is 0 Å². The molecule has 1 fully saturated rings. The van der Waals surface area contributed by atoms with Crippen molar-refractivity contribution in [3.05, 3.63) is 89.2 Å². The van der Waals surface area contributed by atoms with Crippen molar-refractivity contribution >= 4 is 15.8 Å². The zero-order chi connectivity index (χ0) is 21.1. The number of sulfone groups is 1. The molecule has 1 saturated carbocycles. The van der Waals surface area contributed by atoms with Crippen molar-refractivity contribution in [2.45, 2.75) is 24.5 Å². The van der Waals surface area contributed by atoms with Crippen LogP contribution in [-0.4, -0.2) is 35.1 Å². The average Bonchev–Trinajstić information content (AvgIpc) is 3.47. The van der Waals surface area contributed by atoms with Gasteiger partial charge in [-0.1, -0.05) is 30.0 Å². The number of hydrogen-bond donors (Lipinski definition) is 1. The highest BCUT2D eigenvalue weighted by Gasteiger charge is 2.34. The van der Waals surface area contributed by atoms with Crippen molar-refractivity contribution in [3.8, 4) is 17.5 Å². The Morgan fingerprint density at radius 3 is 2.47 bits per heavy atom. The molecule has 3 aromatic rings. The molecule has 152 valence electrons. The molecule has 1 aliphatic carbocycles. The van der Waals surface area contributed by atoms with E-state index in [1.807, 2.05) is 36.4 Å². The fourth-order valence-corrected chi connectivity index (χ4v) is 5.08. The lowest BCUT2D eigenvalue weighted by atomic mass is 10.1. The SMILES string of the molecule is O=C(O)c1cccc(C#Cc2cccc(CCS(=O)(=O)C3CC3)c2)c1-n1cccc1. The van der Waals surface area contributed by atoms with E-state index in [2.05, 4.69) is 11.8 Å². The van der Waals surface area contributed by atoms with Crippen molar-refractivity contribution < 1.29 is 18.3 Å². The lowest BCUT2D eigenvalue weighted by Crippen LogP contribution is -2.13. The summed E-state index contributed by atoms with van der Waals surface area (Å²) in [5.41, 5.74) is 2.99. The highest BCUT2D eigenvalue weighted by molar-refractivity contribution is 7.92. The normalized spacial score (nSPS) is 13.5. The van der Waals surface area contributed by atoms with Gasteiger partial charge < -0.3 is 9.67 Å². The largest absolute Gasteiger partial charge is 0.478 e. The number of carbonyl (C=O) groups is 1. The first-order valence-electron chi connectivity index (χ1n) is 9.76. The topological polar surface area (TPSA) is 76.4 Å². The first-order chi connectivity index (χ1) is 14.4. The van der Waals surface area contributed by atoms with Crippen molar-refractivity contribution in [3.63, 3.8) is 0 Å². The highest BCUT2D eigenvalue weighted by atomic mass is 32.2. The molecule has 2 aromatic carbocycles. The number of aromatic carboxylic acids is 1. The van der Waals surface area contributed by atoms with Crippen LogP contribution in [0.3, 0.4) is 0 Å². The summed E-state index contributed by atoms with van der Waals surface area (Å²) in [6.07, 6.45) is 5.61. The second-order valence-electron chi connectivity index (χ2n) is 7.36. The van der Waals surface area contributed by atoms with Crippen LogP contribution in [0.25, 0.3) is 5.69 Å². The molecule has 0 saturated heterocycles. The van der Waals surface area contributed by atoms with E-state index in [0.717, 1.165) is 24.0 Å². The summed E-state index contributed by atoms with van der Waals surface area (Å²) in [4.78, 5) is 11.7. The van der Waals surface area contributed by atoms with Gasteiger partial charge in [0.2, 0.25) is 0 Å². The molecule has 0 spiro atoms. The molecule has 30 heavy (non-hydrogen) atoms. The minimum absolute atomic E-state index is 0.144. The number of para-hydroxylation sites is 1. The minimum Gasteiger partial charge on any atom is -0.478 e. The molecule has 6 heteroatoms. The van der Waals surface area contributed by atoms with E-state index in [1.165, 1.54) is 0 Å². The summed E-state index contributed by atoms with van der Waals surface area (Å²) >= 11 is 0. The van der Waals surface area contributed by atoms with Gasteiger partial charge >= 0.3 is 5.97 Å². The van der Waals surface area contributed by atoms with Gasteiger partial charge in [0.25, 0.3) is 0 Å². The Morgan fingerprint density at radius 2 is 1.77 bits per heavy atom. The molecule has 1 heterocycles. The monoisotopic (exact) mass is 419 g/mol. The predicted octanol–water partition coefficient (Wildman–Crippen LogP) is 3.70. The van der Waals surface area contributed by atoms with Crippen molar-refractivity contribution in [2.24, 2.45) is 0 Å². The molecular weight excluding hydrogens is 398 g/mol. The van der Waals surface area contributed by atoms with E-state index in [-0.39, 0.29) is 16.6 Å². The van der Waals surface area contributed by atoms with E-state index in [4.69, 9.17) is 0 Å². The van der Waals surface area contributed by atoms with Crippen LogP contribution in [0.4, 0.5) is 0 Å². The van der Waals surface area contributed by atoms with E-state index in [9.17, 15) is 18.3 Å². The zero-order valence-electron chi connectivity index (χ0n) is 16.3. The van der Waals surface area contributed by atoms with Crippen LogP contribution in [0, 0.1) is 11.8 Å². The first-order valence-corrected chi connectivity index (χ1v) is 11.5. The lowest BCUT2D eigenvalue weighted by Gasteiger charge is -2.10. The molecule has 5 nitrogen and oxygen atoms in total. The fraction of sp³-hybridized carbons (Fsp3) is 0.208. The van der Waals surface area contributed by atoms with E-state index in [1.54, 1.807) is 35.2 Å². The first kappa shape index (κ1) is 20.0. The number of hydrogen-bond acceptors (Lipinski definition) is 3. The summed E-state index contributed by atoms with van der Waals surface area (Å²) in [6.45, 7) is 0. The van der Waals surface area contributed by atoms with Gasteiger partial charge in [0.15, 0.2) is 9.84 Å². The maximum absolute atomic E-state index is 12.1. The number of carboxylic acid groups (broad SMARTS) is 1. The Labute approximate surface area is 175 Å². The van der Waals surface area contributed by atoms with E-state index < -0.39 is 15.8 Å². The van der Waals surface area contributed by atoms with Crippen molar-refractivity contribution in [1.82, 2.24) is 4.57 Å². The number of nitrogens with zero attached hydrogens (tertiary/aromatic N) is 1. The molecule has 4 rings (SSSR count). The Morgan fingerprint density at radius 1 is 1.03 bits per heavy atom. The Hall–Kier alpha value is -3.30. The van der Waals surface area contributed by atoms with Gasteiger partial charge in [-0.25, -0.2) is 13.2 Å².